The van der Waals surface area contributed by atoms with E-state index in [1.54, 1.807) is 25.3 Å². The number of benzene rings is 2. The quantitative estimate of drug-likeness (QED) is 0.842. The molecule has 0 saturated heterocycles. The number of hydrogen-bond donors (Lipinski definition) is 1. The first-order valence-corrected chi connectivity index (χ1v) is 7.22. The van der Waals surface area contributed by atoms with Gasteiger partial charge < -0.3 is 10.1 Å². The smallest absolute Gasteiger partial charge is 0.255 e. The predicted octanol–water partition coefficient (Wildman–Crippen LogP) is 4.40. The maximum Gasteiger partial charge on any atom is 0.255 e. The molecule has 0 aliphatic heterocycles. The third kappa shape index (κ3) is 3.39. The summed E-state index contributed by atoms with van der Waals surface area (Å²) in [7, 11) is 1.58. The lowest BCUT2D eigenvalue weighted by molar-refractivity contribution is 0.102. The van der Waals surface area contributed by atoms with E-state index in [1.165, 1.54) is 0 Å². The van der Waals surface area contributed by atoms with Crippen LogP contribution < -0.4 is 10.1 Å². The summed E-state index contributed by atoms with van der Waals surface area (Å²) in [4.78, 5) is 12.4. The monoisotopic (exact) mass is 333 g/mol. The number of halogens is 1. The average Bonchev–Trinajstić information content (AvgIpc) is 2.47. The van der Waals surface area contributed by atoms with Gasteiger partial charge >= 0.3 is 0 Å². The Labute approximate surface area is 127 Å². The highest BCUT2D eigenvalue weighted by molar-refractivity contribution is 9.09. The van der Waals surface area contributed by atoms with E-state index in [0.717, 1.165) is 11.3 Å². The van der Waals surface area contributed by atoms with E-state index < -0.39 is 0 Å². The van der Waals surface area contributed by atoms with Crippen molar-refractivity contribution < 1.29 is 9.53 Å². The summed E-state index contributed by atoms with van der Waals surface area (Å²) >= 11 is 3.53. The number of nitrogens with one attached hydrogen (secondary N) is 1. The van der Waals surface area contributed by atoms with Crippen molar-refractivity contribution in [3.05, 3.63) is 59.7 Å². The van der Waals surface area contributed by atoms with Crippen molar-refractivity contribution in [2.75, 3.05) is 12.4 Å². The molecule has 0 bridgehead atoms. The van der Waals surface area contributed by atoms with Crippen molar-refractivity contribution in [1.82, 2.24) is 0 Å². The van der Waals surface area contributed by atoms with Gasteiger partial charge in [0.05, 0.1) is 7.11 Å². The Bertz CT molecular complexity index is 611. The first kappa shape index (κ1) is 14.6. The number of alkyl halides is 1. The fourth-order valence-electron chi connectivity index (χ4n) is 1.92. The fraction of sp³-hybridized carbons (Fsp3) is 0.188. The molecule has 1 unspecified atom stereocenters. The summed E-state index contributed by atoms with van der Waals surface area (Å²) in [5, 5.41) is 2.93. The number of rotatable bonds is 4. The molecule has 2 rings (SSSR count). The zero-order chi connectivity index (χ0) is 14.5. The zero-order valence-electron chi connectivity index (χ0n) is 11.4. The average molecular weight is 334 g/mol. The summed E-state index contributed by atoms with van der Waals surface area (Å²) in [5.41, 5.74) is 2.43. The molecule has 2 aromatic rings. The molecule has 2 aromatic carbocycles. The van der Waals surface area contributed by atoms with E-state index in [4.69, 9.17) is 4.74 Å². The Morgan fingerprint density at radius 1 is 1.20 bits per heavy atom. The van der Waals surface area contributed by atoms with Gasteiger partial charge in [-0.1, -0.05) is 40.2 Å². The summed E-state index contributed by atoms with van der Waals surface area (Å²) in [6.45, 7) is 2.02. The van der Waals surface area contributed by atoms with E-state index in [0.29, 0.717) is 11.3 Å². The minimum atomic E-state index is -0.149. The molecule has 0 heterocycles. The van der Waals surface area contributed by atoms with E-state index in [1.807, 2.05) is 37.3 Å². The lowest BCUT2D eigenvalue weighted by Crippen LogP contribution is -2.13. The number of carbonyl (C=O) groups excluding carboxylic acids is 1. The van der Waals surface area contributed by atoms with Crippen LogP contribution in [-0.4, -0.2) is 13.0 Å². The Hall–Kier alpha value is -1.81. The van der Waals surface area contributed by atoms with E-state index in [9.17, 15) is 4.79 Å². The predicted molar refractivity (Wildman–Crippen MR) is 84.7 cm³/mol. The highest BCUT2D eigenvalue weighted by Crippen LogP contribution is 2.29. The highest BCUT2D eigenvalue weighted by Gasteiger charge is 2.11. The number of hydrogen-bond acceptors (Lipinski definition) is 2. The summed E-state index contributed by atoms with van der Waals surface area (Å²) in [5.74, 6) is 0.518. The second-order valence-corrected chi connectivity index (χ2v) is 5.76. The first-order valence-electron chi connectivity index (χ1n) is 6.30. The third-order valence-corrected chi connectivity index (χ3v) is 3.46. The molecule has 4 heteroatoms. The molecule has 1 atom stereocenters. The lowest BCUT2D eigenvalue weighted by atomic mass is 10.1. The number of ether oxygens (including phenoxy) is 1. The van der Waals surface area contributed by atoms with Crippen LogP contribution in [0.2, 0.25) is 0 Å². The Morgan fingerprint density at radius 2 is 1.95 bits per heavy atom. The van der Waals surface area contributed by atoms with Crippen LogP contribution in [0.4, 0.5) is 5.69 Å². The topological polar surface area (TPSA) is 38.3 Å². The standard InChI is InChI=1S/C16H16BrNO2/c1-11(17)14-8-3-4-9-15(14)18-16(19)12-6-5-7-13(10-12)20-2/h3-11H,1-2H3,(H,18,19). The van der Waals surface area contributed by atoms with Gasteiger partial charge in [-0.3, -0.25) is 4.79 Å². The van der Waals surface area contributed by atoms with Gasteiger partial charge in [0.2, 0.25) is 0 Å². The van der Waals surface area contributed by atoms with Crippen LogP contribution in [0.25, 0.3) is 0 Å². The Kier molecular flexibility index (Phi) is 4.79. The highest BCUT2D eigenvalue weighted by atomic mass is 79.9. The molecule has 0 aliphatic rings. The van der Waals surface area contributed by atoms with E-state index in [-0.39, 0.29) is 10.7 Å². The maximum absolute atomic E-state index is 12.3. The van der Waals surface area contributed by atoms with Crippen molar-refractivity contribution in [3.8, 4) is 5.75 Å². The molecule has 104 valence electrons. The largest absolute Gasteiger partial charge is 0.497 e. The summed E-state index contributed by atoms with van der Waals surface area (Å²) < 4.78 is 5.13. The van der Waals surface area contributed by atoms with Crippen molar-refractivity contribution in [2.45, 2.75) is 11.8 Å². The normalized spacial score (nSPS) is 11.8. The molecule has 0 spiro atoms. The minimum Gasteiger partial charge on any atom is -0.497 e. The Balaban J connectivity index is 2.23. The molecular weight excluding hydrogens is 318 g/mol. The molecule has 0 saturated carbocycles. The maximum atomic E-state index is 12.3. The summed E-state index contributed by atoms with van der Waals surface area (Å²) in [6.07, 6.45) is 0. The van der Waals surface area contributed by atoms with Gasteiger partial charge in [-0.15, -0.1) is 0 Å². The van der Waals surface area contributed by atoms with Crippen LogP contribution in [0.3, 0.4) is 0 Å². The van der Waals surface area contributed by atoms with Crippen LogP contribution >= 0.6 is 15.9 Å². The molecule has 1 amide bonds. The van der Waals surface area contributed by atoms with Gasteiger partial charge in [0, 0.05) is 16.1 Å². The molecule has 0 aliphatic carbocycles. The fourth-order valence-corrected chi connectivity index (χ4v) is 2.32. The number of carbonyl (C=O) groups is 1. The number of methoxy groups -OCH3 is 1. The van der Waals surface area contributed by atoms with E-state index in [2.05, 4.69) is 21.2 Å². The molecule has 0 radical (unpaired) electrons. The van der Waals surface area contributed by atoms with Gasteiger partial charge in [-0.2, -0.15) is 0 Å². The number of anilines is 1. The van der Waals surface area contributed by atoms with Crippen LogP contribution in [-0.2, 0) is 0 Å². The lowest BCUT2D eigenvalue weighted by Gasteiger charge is -2.13. The summed E-state index contributed by atoms with van der Waals surface area (Å²) in [6, 6.07) is 14.8. The molecule has 1 N–H and O–H groups in total. The van der Waals surface area contributed by atoms with Crippen LogP contribution in [0, 0.1) is 0 Å². The van der Waals surface area contributed by atoms with Crippen molar-refractivity contribution in [2.24, 2.45) is 0 Å². The minimum absolute atomic E-state index is 0.149. The molecule has 3 nitrogen and oxygen atoms in total. The van der Waals surface area contributed by atoms with Gasteiger partial charge in [0.1, 0.15) is 5.75 Å². The Morgan fingerprint density at radius 3 is 2.65 bits per heavy atom. The van der Waals surface area contributed by atoms with Crippen LogP contribution in [0.5, 0.6) is 5.75 Å². The molecule has 20 heavy (non-hydrogen) atoms. The molecule has 0 aromatic heterocycles. The molecular formula is C16H16BrNO2. The second-order valence-electron chi connectivity index (χ2n) is 4.39. The van der Waals surface area contributed by atoms with Crippen molar-refractivity contribution in [1.29, 1.82) is 0 Å². The van der Waals surface area contributed by atoms with Gasteiger partial charge in [0.25, 0.3) is 5.91 Å². The zero-order valence-corrected chi connectivity index (χ0v) is 13.0. The first-order chi connectivity index (χ1) is 9.61. The van der Waals surface area contributed by atoms with Gasteiger partial charge in [-0.25, -0.2) is 0 Å². The van der Waals surface area contributed by atoms with Gasteiger partial charge in [0.15, 0.2) is 0 Å². The SMILES string of the molecule is COc1cccc(C(=O)Nc2ccccc2C(C)Br)c1. The number of para-hydroxylation sites is 1. The number of amides is 1. The third-order valence-electron chi connectivity index (χ3n) is 2.97. The van der Waals surface area contributed by atoms with Crippen molar-refractivity contribution >= 4 is 27.5 Å². The second kappa shape index (κ2) is 6.57. The molecule has 0 fully saturated rings. The van der Waals surface area contributed by atoms with Crippen LogP contribution in [0.15, 0.2) is 48.5 Å². The van der Waals surface area contributed by atoms with Crippen molar-refractivity contribution in [3.63, 3.8) is 0 Å². The van der Waals surface area contributed by atoms with E-state index >= 15 is 0 Å². The van der Waals surface area contributed by atoms with Crippen LogP contribution in [0.1, 0.15) is 27.7 Å². The van der Waals surface area contributed by atoms with Gasteiger partial charge in [-0.05, 0) is 36.8 Å².